The number of alkyl halides is 1. The number of esters is 1. The van der Waals surface area contributed by atoms with E-state index in [1.165, 1.54) is 30.7 Å². The second-order valence-electron chi connectivity index (χ2n) is 7.16. The highest BCUT2D eigenvalue weighted by atomic mass is 35.5. The number of nitrogens with zero attached hydrogens (tertiary/aromatic N) is 1. The first-order valence-corrected chi connectivity index (χ1v) is 10.4. The van der Waals surface area contributed by atoms with Gasteiger partial charge in [0.2, 0.25) is 17.7 Å². The Morgan fingerprint density at radius 2 is 1.97 bits per heavy atom. The van der Waals surface area contributed by atoms with Crippen LogP contribution in [0.25, 0.3) is 0 Å². The van der Waals surface area contributed by atoms with Crippen LogP contribution in [0.15, 0.2) is 30.3 Å². The molecule has 0 saturated carbocycles. The zero-order valence-corrected chi connectivity index (χ0v) is 17.8. The van der Waals surface area contributed by atoms with E-state index in [4.69, 9.17) is 16.3 Å². The predicted octanol–water partition coefficient (Wildman–Crippen LogP) is 0.803. The average Bonchev–Trinajstić information content (AvgIpc) is 3.00. The van der Waals surface area contributed by atoms with Gasteiger partial charge in [-0.05, 0) is 12.5 Å². The lowest BCUT2D eigenvalue weighted by atomic mass is 9.95. The molecule has 2 saturated heterocycles. The van der Waals surface area contributed by atoms with Gasteiger partial charge in [-0.1, -0.05) is 30.3 Å². The number of carbonyl (C=O) groups excluding carboxylic acids is 4. The van der Waals surface area contributed by atoms with Crippen molar-refractivity contribution in [1.82, 2.24) is 15.5 Å². The number of fused-ring (bicyclic) bond motifs is 1. The van der Waals surface area contributed by atoms with Gasteiger partial charge < -0.3 is 20.3 Å². The average molecular weight is 440 g/mol. The Kier molecular flexibility index (Phi) is 6.09. The molecule has 2 heterocycles. The van der Waals surface area contributed by atoms with Crippen LogP contribution in [-0.2, 0) is 23.9 Å². The van der Waals surface area contributed by atoms with Gasteiger partial charge in [0.05, 0.1) is 11.9 Å². The van der Waals surface area contributed by atoms with Crippen molar-refractivity contribution in [3.8, 4) is 0 Å². The van der Waals surface area contributed by atoms with Crippen molar-refractivity contribution in [3.05, 3.63) is 35.9 Å². The molecule has 0 aliphatic carbocycles. The molecule has 0 spiro atoms. The molecule has 8 nitrogen and oxygen atoms in total. The van der Waals surface area contributed by atoms with E-state index in [1.54, 1.807) is 37.3 Å². The molecule has 2 aliphatic heterocycles. The minimum atomic E-state index is -0.933. The molecule has 2 N–H and O–H groups in total. The molecular formula is C19H22ClN3O5S. The van der Waals surface area contributed by atoms with Gasteiger partial charge >= 0.3 is 5.97 Å². The highest BCUT2D eigenvalue weighted by molar-refractivity contribution is 8.01. The van der Waals surface area contributed by atoms with Crippen LogP contribution in [-0.4, -0.2) is 63.8 Å². The maximum absolute atomic E-state index is 12.9. The van der Waals surface area contributed by atoms with E-state index >= 15 is 0 Å². The Morgan fingerprint density at radius 3 is 2.52 bits per heavy atom. The number of rotatable bonds is 6. The first-order valence-electron chi connectivity index (χ1n) is 8.99. The highest BCUT2D eigenvalue weighted by Gasteiger charge is 2.65. The second-order valence-corrected chi connectivity index (χ2v) is 9.07. The summed E-state index contributed by atoms with van der Waals surface area (Å²) < 4.78 is 4.12. The monoisotopic (exact) mass is 439 g/mol. The maximum atomic E-state index is 12.9. The number of halogens is 1. The summed E-state index contributed by atoms with van der Waals surface area (Å²) in [5.74, 6) is -1.65. The number of thioether (sulfide) groups is 1. The third-order valence-electron chi connectivity index (χ3n) is 5.06. The Balaban J connectivity index is 1.79. The number of hydrogen-bond donors (Lipinski definition) is 2. The number of carbonyl (C=O) groups is 4. The number of ether oxygens (including phenoxy) is 1. The molecule has 1 aromatic rings. The van der Waals surface area contributed by atoms with Crippen LogP contribution in [0.3, 0.4) is 0 Å². The summed E-state index contributed by atoms with van der Waals surface area (Å²) in [5, 5.41) is 4.89. The topological polar surface area (TPSA) is 105 Å². The summed E-state index contributed by atoms with van der Waals surface area (Å²) in [7, 11) is 1.26. The van der Waals surface area contributed by atoms with Gasteiger partial charge in [-0.3, -0.25) is 14.4 Å². The fraction of sp³-hybridized carbons (Fsp3) is 0.474. The molecule has 1 aromatic carbocycles. The zero-order valence-electron chi connectivity index (χ0n) is 16.2. The van der Waals surface area contributed by atoms with Crippen molar-refractivity contribution in [3.63, 3.8) is 0 Å². The van der Waals surface area contributed by atoms with Crippen LogP contribution in [0.5, 0.6) is 0 Å². The van der Waals surface area contributed by atoms with E-state index in [1.807, 2.05) is 0 Å². The van der Waals surface area contributed by atoms with Crippen molar-refractivity contribution in [2.75, 3.05) is 13.0 Å². The summed E-state index contributed by atoms with van der Waals surface area (Å²) in [4.78, 5) is 50.9. The lowest BCUT2D eigenvalue weighted by Crippen LogP contribution is -2.71. The third kappa shape index (κ3) is 3.81. The van der Waals surface area contributed by atoms with E-state index in [2.05, 4.69) is 10.6 Å². The van der Waals surface area contributed by atoms with Crippen molar-refractivity contribution in [2.45, 2.75) is 42.1 Å². The first-order chi connectivity index (χ1) is 13.7. The molecule has 0 bridgehead atoms. The Morgan fingerprint density at radius 1 is 1.31 bits per heavy atom. The lowest BCUT2D eigenvalue weighted by Gasteiger charge is -2.44. The van der Waals surface area contributed by atoms with Crippen molar-refractivity contribution in [2.24, 2.45) is 0 Å². The van der Waals surface area contributed by atoms with Gasteiger partial charge in [0, 0.05) is 12.8 Å². The molecule has 2 aliphatic rings. The van der Waals surface area contributed by atoms with Crippen molar-refractivity contribution >= 4 is 47.1 Å². The summed E-state index contributed by atoms with van der Waals surface area (Å²) in [5.41, 5.74) is 0.598. The lowest BCUT2D eigenvalue weighted by molar-refractivity contribution is -0.162. The SMILES string of the molecule is COC(=O)[C@@H]1N2C(=O)[C@@H](NC(=O)C(NC(C)=O)c3ccccc3)[C@@H]2S[C@@]1(C)CCl. The smallest absolute Gasteiger partial charge is 0.330 e. The summed E-state index contributed by atoms with van der Waals surface area (Å²) in [6, 6.07) is 6.19. The quantitative estimate of drug-likeness (QED) is 0.386. The number of nitrogens with one attached hydrogen (secondary N) is 2. The highest BCUT2D eigenvalue weighted by Crippen LogP contribution is 2.51. The van der Waals surface area contributed by atoms with Crippen LogP contribution in [0, 0.1) is 0 Å². The van der Waals surface area contributed by atoms with Crippen molar-refractivity contribution in [1.29, 1.82) is 0 Å². The van der Waals surface area contributed by atoms with Crippen LogP contribution >= 0.6 is 23.4 Å². The van der Waals surface area contributed by atoms with E-state index < -0.39 is 40.1 Å². The molecule has 1 unspecified atom stereocenters. The van der Waals surface area contributed by atoms with Gasteiger partial charge in [0.25, 0.3) is 0 Å². The Hall–Kier alpha value is -2.26. The minimum Gasteiger partial charge on any atom is -0.467 e. The molecule has 0 radical (unpaired) electrons. The number of methoxy groups -OCH3 is 1. The minimum absolute atomic E-state index is 0.136. The molecule has 29 heavy (non-hydrogen) atoms. The predicted molar refractivity (Wildman–Crippen MR) is 108 cm³/mol. The molecule has 5 atom stereocenters. The third-order valence-corrected chi connectivity index (χ3v) is 7.42. The Labute approximate surface area is 177 Å². The van der Waals surface area contributed by atoms with E-state index in [9.17, 15) is 19.2 Å². The second kappa shape index (κ2) is 8.23. The van der Waals surface area contributed by atoms with Gasteiger partial charge in [-0.2, -0.15) is 0 Å². The fourth-order valence-electron chi connectivity index (χ4n) is 3.62. The van der Waals surface area contributed by atoms with Crippen LogP contribution in [0.4, 0.5) is 0 Å². The van der Waals surface area contributed by atoms with Crippen molar-refractivity contribution < 1.29 is 23.9 Å². The van der Waals surface area contributed by atoms with E-state index in [-0.39, 0.29) is 17.7 Å². The van der Waals surface area contributed by atoms with Gasteiger partial charge in [0.15, 0.2) is 0 Å². The maximum Gasteiger partial charge on any atom is 0.330 e. The number of benzene rings is 1. The molecule has 2 fully saturated rings. The van der Waals surface area contributed by atoms with Crippen LogP contribution < -0.4 is 10.6 Å². The van der Waals surface area contributed by atoms with Gasteiger partial charge in [0.1, 0.15) is 23.5 Å². The number of amides is 3. The largest absolute Gasteiger partial charge is 0.467 e. The number of β-lactam (4-membered cyclic amide) rings is 1. The Bertz CT molecular complexity index is 838. The molecular weight excluding hydrogens is 418 g/mol. The molecule has 3 amide bonds. The summed E-state index contributed by atoms with van der Waals surface area (Å²) in [6.07, 6.45) is 0. The van der Waals surface area contributed by atoms with E-state index in [0.29, 0.717) is 5.56 Å². The number of hydrogen-bond acceptors (Lipinski definition) is 6. The first kappa shape index (κ1) is 21.4. The molecule has 10 heteroatoms. The molecule has 3 rings (SSSR count). The summed E-state index contributed by atoms with van der Waals surface area (Å²) in [6.45, 7) is 3.11. The van der Waals surface area contributed by atoms with Crippen LogP contribution in [0.1, 0.15) is 25.5 Å². The van der Waals surface area contributed by atoms with Crippen LogP contribution in [0.2, 0.25) is 0 Å². The fourth-order valence-corrected chi connectivity index (χ4v) is 5.57. The summed E-state index contributed by atoms with van der Waals surface area (Å²) >= 11 is 7.45. The molecule has 156 valence electrons. The van der Waals surface area contributed by atoms with E-state index in [0.717, 1.165) is 0 Å². The zero-order chi connectivity index (χ0) is 21.3. The normalized spacial score (nSPS) is 28.8. The van der Waals surface area contributed by atoms with Gasteiger partial charge in [-0.25, -0.2) is 4.79 Å². The standard InChI is InChI=1S/C19H22ClN3O5S/c1-10(24)21-12(11-7-5-4-6-8-11)15(25)22-13-16(26)23-14(18(27)28-3)19(2,9-20)29-17(13)23/h4-8,12-14,17H,9H2,1-3H3,(H,21,24)(H,22,25)/t12?,13-,14+,17+,19+/m1/s1. The molecule has 0 aromatic heterocycles. The van der Waals surface area contributed by atoms with Gasteiger partial charge in [-0.15, -0.1) is 23.4 Å².